The van der Waals surface area contributed by atoms with Gasteiger partial charge in [-0.25, -0.2) is 13.8 Å². The third-order valence-corrected chi connectivity index (χ3v) is 6.79. The van der Waals surface area contributed by atoms with Gasteiger partial charge in [0.2, 0.25) is 11.7 Å². The lowest BCUT2D eigenvalue weighted by Gasteiger charge is -2.34. The number of aryl methyl sites for hydroxylation is 1. The number of hydrogen-bond acceptors (Lipinski definition) is 4. The van der Waals surface area contributed by atoms with Gasteiger partial charge in [0.15, 0.2) is 0 Å². The van der Waals surface area contributed by atoms with Gasteiger partial charge < -0.3 is 15.0 Å². The lowest BCUT2D eigenvalue weighted by Crippen LogP contribution is -2.42. The fourth-order valence-corrected chi connectivity index (χ4v) is 4.39. The molecule has 0 bridgehead atoms. The summed E-state index contributed by atoms with van der Waals surface area (Å²) in [5.41, 5.74) is -3.89. The maximum Gasteiger partial charge on any atom is 0.417 e. The fraction of sp³-hybridized carbons (Fsp3) is 0.346. The van der Waals surface area contributed by atoms with Crippen LogP contribution < -0.4 is 10.9 Å². The van der Waals surface area contributed by atoms with Crippen LogP contribution in [0.25, 0.3) is 11.4 Å². The number of nitrogens with zero attached hydrogens (tertiary/aromatic N) is 1. The molecule has 2 aromatic carbocycles. The Morgan fingerprint density at radius 3 is 2.46 bits per heavy atom. The Balaban J connectivity index is 1.44. The molecule has 1 aliphatic carbocycles. The van der Waals surface area contributed by atoms with Crippen LogP contribution in [0.15, 0.2) is 35.1 Å². The van der Waals surface area contributed by atoms with Gasteiger partial charge in [0.05, 0.1) is 29.5 Å². The number of benzene rings is 2. The van der Waals surface area contributed by atoms with Gasteiger partial charge in [-0.1, -0.05) is 30.7 Å². The number of carbonyl (C=O) groups excluding carboxylic acids is 1. The van der Waals surface area contributed by atoms with E-state index in [2.05, 4.69) is 10.3 Å². The van der Waals surface area contributed by atoms with Crippen LogP contribution in [0.2, 0.25) is 5.02 Å². The minimum atomic E-state index is -5.00. The number of hydrogen-bond donors (Lipinski definition) is 2. The van der Waals surface area contributed by atoms with Crippen molar-refractivity contribution in [1.82, 2.24) is 15.3 Å². The summed E-state index contributed by atoms with van der Waals surface area (Å²) in [7, 11) is 0. The van der Waals surface area contributed by atoms with E-state index < -0.39 is 70.2 Å². The Morgan fingerprint density at radius 2 is 1.82 bits per heavy atom. The van der Waals surface area contributed by atoms with E-state index in [0.717, 1.165) is 12.1 Å². The third-order valence-electron chi connectivity index (χ3n) is 6.44. The van der Waals surface area contributed by atoms with Crippen LogP contribution in [0.5, 0.6) is 0 Å². The summed E-state index contributed by atoms with van der Waals surface area (Å²) >= 11 is 5.96. The van der Waals surface area contributed by atoms with Crippen molar-refractivity contribution in [3.05, 3.63) is 85.5 Å². The first-order valence-corrected chi connectivity index (χ1v) is 12.3. The van der Waals surface area contributed by atoms with Gasteiger partial charge in [-0.05, 0) is 43.0 Å². The van der Waals surface area contributed by atoms with Crippen LogP contribution in [0, 0.1) is 23.4 Å². The molecule has 208 valence electrons. The first-order valence-electron chi connectivity index (χ1n) is 11.9. The van der Waals surface area contributed by atoms with E-state index in [1.54, 1.807) is 0 Å². The molecule has 1 fully saturated rings. The van der Waals surface area contributed by atoms with E-state index in [9.17, 15) is 31.5 Å². The Kier molecular flexibility index (Phi) is 8.36. The summed E-state index contributed by atoms with van der Waals surface area (Å²) in [6, 6.07) is 5.40. The summed E-state index contributed by atoms with van der Waals surface area (Å²) < 4.78 is 89.1. The van der Waals surface area contributed by atoms with Crippen molar-refractivity contribution in [2.75, 3.05) is 0 Å². The molecule has 3 aromatic rings. The highest BCUT2D eigenvalue weighted by atomic mass is 35.5. The van der Waals surface area contributed by atoms with Crippen LogP contribution in [0.3, 0.4) is 0 Å². The molecule has 1 heterocycles. The van der Waals surface area contributed by atoms with Crippen molar-refractivity contribution in [2.24, 2.45) is 5.92 Å². The van der Waals surface area contributed by atoms with Gasteiger partial charge in [0.1, 0.15) is 17.5 Å². The van der Waals surface area contributed by atoms with Crippen LogP contribution in [0.4, 0.5) is 26.3 Å². The lowest BCUT2D eigenvalue weighted by atomic mass is 9.81. The van der Waals surface area contributed by atoms with Crippen molar-refractivity contribution in [3.8, 4) is 11.4 Å². The molecule has 4 rings (SSSR count). The molecule has 0 atom stereocenters. The van der Waals surface area contributed by atoms with Gasteiger partial charge in [-0.3, -0.25) is 9.59 Å². The number of amides is 1. The highest BCUT2D eigenvalue weighted by Crippen LogP contribution is 2.38. The average Bonchev–Trinajstić information content (AvgIpc) is 2.84. The summed E-state index contributed by atoms with van der Waals surface area (Å²) in [6.07, 6.45) is -4.66. The SMILES string of the molecule is CCc1nc(-c2c(C(F)(F)F)ccc(CNC(=O)[C@H]3C[C@H](OCc4ccc(F)cc4Cl)C3)c2F)[nH]c(=O)c1F. The molecule has 39 heavy (non-hydrogen) atoms. The quantitative estimate of drug-likeness (QED) is 0.339. The zero-order valence-electron chi connectivity index (χ0n) is 20.4. The molecule has 0 unspecified atom stereocenters. The average molecular weight is 574 g/mol. The zero-order valence-corrected chi connectivity index (χ0v) is 21.2. The second-order valence-electron chi connectivity index (χ2n) is 9.04. The molecule has 1 saturated carbocycles. The molecule has 1 amide bonds. The summed E-state index contributed by atoms with van der Waals surface area (Å²) in [5, 5.41) is 2.72. The number of carbonyl (C=O) groups is 1. The van der Waals surface area contributed by atoms with E-state index in [1.165, 1.54) is 19.1 Å². The topological polar surface area (TPSA) is 84.1 Å². The van der Waals surface area contributed by atoms with E-state index >= 15 is 4.39 Å². The van der Waals surface area contributed by atoms with E-state index in [-0.39, 0.29) is 29.7 Å². The Labute approximate surface area is 223 Å². The lowest BCUT2D eigenvalue weighted by molar-refractivity contribution is -0.137. The number of nitrogens with one attached hydrogen (secondary N) is 2. The van der Waals surface area contributed by atoms with Crippen LogP contribution in [0.1, 0.15) is 42.1 Å². The second kappa shape index (κ2) is 11.4. The fourth-order valence-electron chi connectivity index (χ4n) is 4.17. The van der Waals surface area contributed by atoms with Gasteiger partial charge >= 0.3 is 6.18 Å². The highest BCUT2D eigenvalue weighted by molar-refractivity contribution is 6.31. The number of rotatable bonds is 8. The molecule has 1 aromatic heterocycles. The summed E-state index contributed by atoms with van der Waals surface area (Å²) in [4.78, 5) is 30.0. The number of halogens is 7. The van der Waals surface area contributed by atoms with Gasteiger partial charge in [-0.15, -0.1) is 0 Å². The molecular formula is C26H22ClF6N3O3. The Hall–Kier alpha value is -3.38. The monoisotopic (exact) mass is 573 g/mol. The first kappa shape index (κ1) is 28.6. The standard InChI is InChI=1S/C26H22ClF6N3O3/c1-2-19-22(30)25(38)36-23(35-19)20-17(26(31,32)33)6-4-12(21(20)29)10-34-24(37)14-7-16(8-14)39-11-13-3-5-15(28)9-18(13)27/h3-6,9,14,16H,2,7-8,10-11H2,1H3,(H,34,37)(H,35,36,38)/t14-,16-. The first-order chi connectivity index (χ1) is 18.4. The van der Waals surface area contributed by atoms with Crippen molar-refractivity contribution in [2.45, 2.75) is 51.6 Å². The van der Waals surface area contributed by atoms with Crippen LogP contribution in [-0.2, 0) is 35.3 Å². The molecule has 1 aliphatic rings. The number of aromatic nitrogens is 2. The largest absolute Gasteiger partial charge is 0.417 e. The molecular weight excluding hydrogens is 552 g/mol. The molecule has 13 heteroatoms. The van der Waals surface area contributed by atoms with E-state index in [1.807, 2.05) is 4.98 Å². The van der Waals surface area contributed by atoms with Crippen molar-refractivity contribution < 1.29 is 35.9 Å². The van der Waals surface area contributed by atoms with Gasteiger partial charge in [0.25, 0.3) is 5.56 Å². The molecule has 0 radical (unpaired) electrons. The predicted octanol–water partition coefficient (Wildman–Crippen LogP) is 5.70. The predicted molar refractivity (Wildman–Crippen MR) is 129 cm³/mol. The van der Waals surface area contributed by atoms with Crippen molar-refractivity contribution in [3.63, 3.8) is 0 Å². The summed E-state index contributed by atoms with van der Waals surface area (Å²) in [5.74, 6) is -4.77. The minimum Gasteiger partial charge on any atom is -0.373 e. The van der Waals surface area contributed by atoms with Crippen molar-refractivity contribution >= 4 is 17.5 Å². The number of H-pyrrole nitrogens is 1. The van der Waals surface area contributed by atoms with E-state index in [0.29, 0.717) is 24.5 Å². The smallest absolute Gasteiger partial charge is 0.373 e. The maximum absolute atomic E-state index is 15.4. The molecule has 0 aliphatic heterocycles. The number of alkyl halides is 3. The second-order valence-corrected chi connectivity index (χ2v) is 9.45. The normalized spacial score (nSPS) is 17.1. The maximum atomic E-state index is 15.4. The molecule has 0 saturated heterocycles. The van der Waals surface area contributed by atoms with Crippen LogP contribution in [-0.4, -0.2) is 22.0 Å². The van der Waals surface area contributed by atoms with Gasteiger partial charge in [-0.2, -0.15) is 17.6 Å². The Morgan fingerprint density at radius 1 is 1.13 bits per heavy atom. The third kappa shape index (κ3) is 6.27. The Bertz CT molecular complexity index is 1450. The summed E-state index contributed by atoms with van der Waals surface area (Å²) in [6.45, 7) is 1.13. The highest BCUT2D eigenvalue weighted by Gasteiger charge is 2.38. The minimum absolute atomic E-state index is 0.107. The van der Waals surface area contributed by atoms with Crippen molar-refractivity contribution in [1.29, 1.82) is 0 Å². The molecule has 6 nitrogen and oxygen atoms in total. The molecule has 0 spiro atoms. The zero-order chi connectivity index (χ0) is 28.5. The van der Waals surface area contributed by atoms with Gasteiger partial charge in [0, 0.05) is 23.0 Å². The number of ether oxygens (including phenoxy) is 1. The van der Waals surface area contributed by atoms with Crippen LogP contribution >= 0.6 is 11.6 Å². The van der Waals surface area contributed by atoms with E-state index in [4.69, 9.17) is 16.3 Å². The number of aromatic amines is 1. The molecule has 2 N–H and O–H groups in total.